The van der Waals surface area contributed by atoms with E-state index in [4.69, 9.17) is 14.8 Å². The number of nitrogens with one attached hydrogen (secondary N) is 1. The Labute approximate surface area is 222 Å². The van der Waals surface area contributed by atoms with Gasteiger partial charge in [-0.1, -0.05) is 52.2 Å². The van der Waals surface area contributed by atoms with Crippen molar-refractivity contribution in [3.63, 3.8) is 0 Å². The Balaban J connectivity index is 1.63. The van der Waals surface area contributed by atoms with Crippen molar-refractivity contribution < 1.29 is 9.53 Å². The number of hydrogen-bond donors (Lipinski definition) is 1. The minimum absolute atomic E-state index is 0.221. The summed E-state index contributed by atoms with van der Waals surface area (Å²) in [5, 5.41) is 8.26. The van der Waals surface area contributed by atoms with Crippen LogP contribution in [-0.2, 0) is 23.7 Å². The zero-order valence-electron chi connectivity index (χ0n) is 23.3. The molecule has 1 aromatic carbocycles. The number of rotatable bonds is 7. The minimum Gasteiger partial charge on any atom is -0.378 e. The number of benzene rings is 1. The van der Waals surface area contributed by atoms with Crippen molar-refractivity contribution in [2.75, 3.05) is 50.1 Å². The Morgan fingerprint density at radius 3 is 2.59 bits per heavy atom. The summed E-state index contributed by atoms with van der Waals surface area (Å²) in [5.74, 6) is 1.42. The van der Waals surface area contributed by atoms with Gasteiger partial charge in [-0.05, 0) is 36.5 Å². The molecule has 0 radical (unpaired) electrons. The van der Waals surface area contributed by atoms with Crippen LogP contribution in [0.15, 0.2) is 29.3 Å². The monoisotopic (exact) mass is 508 g/mol. The van der Waals surface area contributed by atoms with E-state index in [1.807, 2.05) is 14.1 Å². The molecule has 4 rings (SSSR count). The van der Waals surface area contributed by atoms with E-state index < -0.39 is 0 Å². The third kappa shape index (κ3) is 6.72. The van der Waals surface area contributed by atoms with Crippen molar-refractivity contribution in [1.29, 1.82) is 0 Å². The van der Waals surface area contributed by atoms with Crippen LogP contribution < -0.4 is 10.2 Å². The van der Waals surface area contributed by atoms with Crippen LogP contribution in [0.2, 0.25) is 0 Å². The van der Waals surface area contributed by atoms with Crippen LogP contribution in [0.3, 0.4) is 0 Å². The summed E-state index contributed by atoms with van der Waals surface area (Å²) < 4.78 is 7.22. The number of nitrogens with zero attached hydrogens (tertiary/aromatic N) is 5. The molecule has 8 heteroatoms. The van der Waals surface area contributed by atoms with Crippen LogP contribution in [0.4, 0.5) is 11.4 Å². The minimum atomic E-state index is -0.221. The molecule has 0 unspecified atom stereocenters. The first-order chi connectivity index (χ1) is 17.8. The van der Waals surface area contributed by atoms with Gasteiger partial charge < -0.3 is 19.9 Å². The lowest BCUT2D eigenvalue weighted by Crippen LogP contribution is -2.40. The normalized spacial score (nSPS) is 17.6. The van der Waals surface area contributed by atoms with Crippen LogP contribution in [0.25, 0.3) is 0 Å². The van der Waals surface area contributed by atoms with Crippen LogP contribution in [0.5, 0.6) is 0 Å². The number of guanidine groups is 1. The van der Waals surface area contributed by atoms with Crippen molar-refractivity contribution in [2.24, 2.45) is 18.0 Å². The summed E-state index contributed by atoms with van der Waals surface area (Å²) >= 11 is 0. The molecule has 1 N–H and O–H groups in total. The lowest BCUT2D eigenvalue weighted by Gasteiger charge is -2.33. The summed E-state index contributed by atoms with van der Waals surface area (Å²) in [4.78, 5) is 21.5. The largest absolute Gasteiger partial charge is 0.378 e. The number of aldehydes is 1. The molecular formula is C29H44N6O2. The fraction of sp³-hybridized carbons (Fsp3) is 0.621. The van der Waals surface area contributed by atoms with Crippen LogP contribution in [0.1, 0.15) is 74.6 Å². The predicted octanol–water partition coefficient (Wildman–Crippen LogP) is 4.85. The molecule has 37 heavy (non-hydrogen) atoms. The number of aliphatic imine (C=N–C) groups is 1. The molecule has 1 aliphatic heterocycles. The number of aryl methyl sites for hydroxylation is 1. The van der Waals surface area contributed by atoms with Crippen LogP contribution in [0, 0.1) is 5.92 Å². The SMILES string of the molecule is CN=C(Nc1c(C(C)(C)C)nn(C)c1C=O)N(Cc1cccc(N2CCOCC2)c1)CC1CCCCC1. The molecular weight excluding hydrogens is 464 g/mol. The molecule has 8 nitrogen and oxygen atoms in total. The van der Waals surface area contributed by atoms with Gasteiger partial charge in [0.1, 0.15) is 5.69 Å². The van der Waals surface area contributed by atoms with E-state index >= 15 is 0 Å². The van der Waals surface area contributed by atoms with Gasteiger partial charge in [0.2, 0.25) is 0 Å². The van der Waals surface area contributed by atoms with Crippen molar-refractivity contribution in [1.82, 2.24) is 14.7 Å². The van der Waals surface area contributed by atoms with Crippen LogP contribution in [-0.4, -0.2) is 66.8 Å². The number of morpholine rings is 1. The maximum atomic E-state index is 12.1. The van der Waals surface area contributed by atoms with Crippen molar-refractivity contribution in [2.45, 2.75) is 64.8 Å². The lowest BCUT2D eigenvalue weighted by atomic mass is 9.89. The van der Waals surface area contributed by atoms with E-state index in [0.29, 0.717) is 11.6 Å². The Morgan fingerprint density at radius 1 is 1.22 bits per heavy atom. The number of hydrogen-bond acceptors (Lipinski definition) is 5. The molecule has 0 amide bonds. The summed E-state index contributed by atoms with van der Waals surface area (Å²) in [5.41, 5.74) is 4.43. The zero-order chi connectivity index (χ0) is 26.4. The molecule has 1 aliphatic carbocycles. The highest BCUT2D eigenvalue weighted by Gasteiger charge is 2.28. The molecule has 1 aromatic heterocycles. The quantitative estimate of drug-likeness (QED) is 0.328. The number of carbonyl (C=O) groups is 1. The van der Waals surface area contributed by atoms with Gasteiger partial charge in [-0.2, -0.15) is 5.10 Å². The third-order valence-corrected chi connectivity index (χ3v) is 7.53. The molecule has 2 heterocycles. The van der Waals surface area contributed by atoms with E-state index in [2.05, 4.69) is 60.2 Å². The van der Waals surface area contributed by atoms with Crippen molar-refractivity contribution in [3.8, 4) is 0 Å². The predicted molar refractivity (Wildman–Crippen MR) is 151 cm³/mol. The molecule has 2 aliphatic rings. The van der Waals surface area contributed by atoms with E-state index in [1.165, 1.54) is 43.4 Å². The van der Waals surface area contributed by atoms with Gasteiger partial charge in [-0.15, -0.1) is 0 Å². The van der Waals surface area contributed by atoms with Gasteiger partial charge in [-0.25, -0.2) is 0 Å². The Hall–Kier alpha value is -2.87. The average Bonchev–Trinajstić information content (AvgIpc) is 3.23. The number of ether oxygens (including phenoxy) is 1. The number of carbonyl (C=O) groups excluding carboxylic acids is 1. The first-order valence-electron chi connectivity index (χ1n) is 13.7. The van der Waals surface area contributed by atoms with Gasteiger partial charge in [0.05, 0.1) is 24.6 Å². The van der Waals surface area contributed by atoms with Crippen molar-refractivity contribution in [3.05, 3.63) is 41.2 Å². The van der Waals surface area contributed by atoms with E-state index in [-0.39, 0.29) is 5.41 Å². The first kappa shape index (κ1) is 27.2. The molecule has 0 spiro atoms. The standard InChI is InChI=1S/C29H44N6O2/c1-29(2,3)27-26(25(21-36)33(5)32-27)31-28(30-4)35(19-22-10-7-6-8-11-22)20-23-12-9-13-24(18-23)34-14-16-37-17-15-34/h9,12-13,18,21-22H,6-8,10-11,14-17,19-20H2,1-5H3,(H,30,31). The maximum absolute atomic E-state index is 12.1. The molecule has 2 fully saturated rings. The molecule has 2 aromatic rings. The molecule has 202 valence electrons. The zero-order valence-corrected chi connectivity index (χ0v) is 23.3. The molecule has 1 saturated carbocycles. The smallest absolute Gasteiger partial charge is 0.198 e. The Kier molecular flexibility index (Phi) is 8.90. The van der Waals surface area contributed by atoms with E-state index in [0.717, 1.165) is 63.0 Å². The van der Waals surface area contributed by atoms with E-state index in [9.17, 15) is 4.79 Å². The van der Waals surface area contributed by atoms with Gasteiger partial charge >= 0.3 is 0 Å². The summed E-state index contributed by atoms with van der Waals surface area (Å²) in [6.07, 6.45) is 7.31. The third-order valence-electron chi connectivity index (χ3n) is 7.53. The Bertz CT molecular complexity index is 1070. The summed E-state index contributed by atoms with van der Waals surface area (Å²) in [7, 11) is 3.65. The second-order valence-corrected chi connectivity index (χ2v) is 11.4. The Morgan fingerprint density at radius 2 is 1.95 bits per heavy atom. The van der Waals surface area contributed by atoms with Gasteiger partial charge in [0, 0.05) is 51.4 Å². The van der Waals surface area contributed by atoms with Gasteiger partial charge in [0.25, 0.3) is 0 Å². The van der Waals surface area contributed by atoms with Gasteiger partial charge in [0.15, 0.2) is 12.2 Å². The summed E-state index contributed by atoms with van der Waals surface area (Å²) in [6, 6.07) is 8.84. The lowest BCUT2D eigenvalue weighted by molar-refractivity contribution is 0.111. The van der Waals surface area contributed by atoms with Gasteiger partial charge in [-0.3, -0.25) is 14.5 Å². The first-order valence-corrected chi connectivity index (χ1v) is 13.7. The van der Waals surface area contributed by atoms with Crippen molar-refractivity contribution >= 4 is 23.6 Å². The highest BCUT2D eigenvalue weighted by molar-refractivity contribution is 5.98. The van der Waals surface area contributed by atoms with Crippen LogP contribution >= 0.6 is 0 Å². The molecule has 0 atom stereocenters. The highest BCUT2D eigenvalue weighted by Crippen LogP contribution is 2.32. The number of aromatic nitrogens is 2. The topological polar surface area (TPSA) is 75.0 Å². The number of anilines is 2. The van der Waals surface area contributed by atoms with E-state index in [1.54, 1.807) is 4.68 Å². The summed E-state index contributed by atoms with van der Waals surface area (Å²) in [6.45, 7) is 11.4. The molecule has 0 bridgehead atoms. The second kappa shape index (κ2) is 12.1. The maximum Gasteiger partial charge on any atom is 0.198 e. The molecule has 1 saturated heterocycles. The second-order valence-electron chi connectivity index (χ2n) is 11.4. The fourth-order valence-electron chi connectivity index (χ4n) is 5.51. The average molecular weight is 509 g/mol. The highest BCUT2D eigenvalue weighted by atomic mass is 16.5. The fourth-order valence-corrected chi connectivity index (χ4v) is 5.51.